The Morgan fingerprint density at radius 2 is 1.59 bits per heavy atom. The summed E-state index contributed by atoms with van der Waals surface area (Å²) in [6.45, 7) is 2.64. The van der Waals surface area contributed by atoms with Crippen LogP contribution in [0.25, 0.3) is 11.0 Å². The average molecular weight is 290 g/mol. The van der Waals surface area contributed by atoms with Crippen LogP contribution in [0.15, 0.2) is 67.0 Å². The molecule has 0 amide bonds. The standard InChI is InChI=1S/C18H18N4/c1-2-6-15(7-3-1)12-21-10-11-22(14-21)13-18-19-16-8-4-5-9-17(16)20-18/h1-11H,12-14H2,(H,19,20). The Bertz CT molecular complexity index is 758. The summed E-state index contributed by atoms with van der Waals surface area (Å²) < 4.78 is 0. The monoisotopic (exact) mass is 290 g/mol. The molecule has 0 radical (unpaired) electrons. The molecule has 0 saturated carbocycles. The molecule has 0 bridgehead atoms. The Balaban J connectivity index is 1.40. The Kier molecular flexibility index (Phi) is 3.27. The lowest BCUT2D eigenvalue weighted by atomic mass is 10.2. The van der Waals surface area contributed by atoms with Crippen LogP contribution < -0.4 is 0 Å². The number of hydrogen-bond donors (Lipinski definition) is 1. The van der Waals surface area contributed by atoms with E-state index in [1.165, 1.54) is 5.56 Å². The Labute approximate surface area is 129 Å². The maximum atomic E-state index is 4.64. The number of fused-ring (bicyclic) bond motifs is 1. The van der Waals surface area contributed by atoms with Crippen LogP contribution in [0.2, 0.25) is 0 Å². The lowest BCUT2D eigenvalue weighted by molar-refractivity contribution is 0.251. The second-order valence-corrected chi connectivity index (χ2v) is 5.62. The maximum Gasteiger partial charge on any atom is 0.126 e. The number of imidazole rings is 1. The molecule has 0 aliphatic carbocycles. The van der Waals surface area contributed by atoms with Gasteiger partial charge in [0.2, 0.25) is 0 Å². The Morgan fingerprint density at radius 3 is 2.41 bits per heavy atom. The molecule has 1 aliphatic rings. The summed E-state index contributed by atoms with van der Waals surface area (Å²) >= 11 is 0. The fourth-order valence-corrected chi connectivity index (χ4v) is 2.81. The molecule has 22 heavy (non-hydrogen) atoms. The van der Waals surface area contributed by atoms with Crippen LogP contribution in [-0.4, -0.2) is 26.4 Å². The van der Waals surface area contributed by atoms with Gasteiger partial charge in [0.1, 0.15) is 5.82 Å². The number of aromatic amines is 1. The number of aromatic nitrogens is 2. The number of nitrogens with zero attached hydrogens (tertiary/aromatic N) is 3. The topological polar surface area (TPSA) is 35.2 Å². The van der Waals surface area contributed by atoms with Gasteiger partial charge in [-0.25, -0.2) is 4.98 Å². The zero-order chi connectivity index (χ0) is 14.8. The van der Waals surface area contributed by atoms with Crippen molar-refractivity contribution in [2.75, 3.05) is 6.67 Å². The van der Waals surface area contributed by atoms with Crippen LogP contribution in [0, 0.1) is 0 Å². The summed E-state index contributed by atoms with van der Waals surface area (Å²) in [7, 11) is 0. The van der Waals surface area contributed by atoms with E-state index in [1.807, 2.05) is 18.2 Å². The SMILES string of the molecule is C1=CN(Cc2nc3ccccc3[nH]2)CN1Cc1ccccc1. The molecule has 2 heterocycles. The van der Waals surface area contributed by atoms with Gasteiger partial charge in [-0.15, -0.1) is 0 Å². The summed E-state index contributed by atoms with van der Waals surface area (Å²) in [5, 5.41) is 0. The van der Waals surface area contributed by atoms with Crippen LogP contribution in [0.4, 0.5) is 0 Å². The van der Waals surface area contributed by atoms with E-state index < -0.39 is 0 Å². The molecule has 0 spiro atoms. The van der Waals surface area contributed by atoms with Crippen LogP contribution >= 0.6 is 0 Å². The van der Waals surface area contributed by atoms with Gasteiger partial charge in [0.15, 0.2) is 0 Å². The third-order valence-electron chi connectivity index (χ3n) is 3.87. The van der Waals surface area contributed by atoms with E-state index in [4.69, 9.17) is 0 Å². The normalized spacial score (nSPS) is 14.2. The number of rotatable bonds is 4. The van der Waals surface area contributed by atoms with Gasteiger partial charge < -0.3 is 14.8 Å². The minimum atomic E-state index is 0.802. The number of H-pyrrole nitrogens is 1. The van der Waals surface area contributed by atoms with E-state index in [1.54, 1.807) is 0 Å². The van der Waals surface area contributed by atoms with E-state index in [2.05, 4.69) is 68.6 Å². The third kappa shape index (κ3) is 2.68. The van der Waals surface area contributed by atoms with Crippen molar-refractivity contribution in [2.24, 2.45) is 0 Å². The van der Waals surface area contributed by atoms with Crippen molar-refractivity contribution in [3.8, 4) is 0 Å². The second-order valence-electron chi connectivity index (χ2n) is 5.62. The van der Waals surface area contributed by atoms with Crippen LogP contribution in [-0.2, 0) is 13.1 Å². The molecular formula is C18H18N4. The highest BCUT2D eigenvalue weighted by atomic mass is 15.3. The quantitative estimate of drug-likeness (QED) is 0.800. The minimum Gasteiger partial charge on any atom is -0.354 e. The summed E-state index contributed by atoms with van der Waals surface area (Å²) in [4.78, 5) is 12.6. The predicted molar refractivity (Wildman–Crippen MR) is 87.6 cm³/mol. The van der Waals surface area contributed by atoms with Crippen LogP contribution in [0.5, 0.6) is 0 Å². The van der Waals surface area contributed by atoms with E-state index in [0.717, 1.165) is 36.6 Å². The molecule has 110 valence electrons. The van der Waals surface area contributed by atoms with Crippen molar-refractivity contribution in [1.29, 1.82) is 0 Å². The van der Waals surface area contributed by atoms with Gasteiger partial charge in [0.05, 0.1) is 24.2 Å². The molecule has 1 aromatic heterocycles. The lowest BCUT2D eigenvalue weighted by Gasteiger charge is -2.20. The highest BCUT2D eigenvalue weighted by Crippen LogP contribution is 2.16. The highest BCUT2D eigenvalue weighted by Gasteiger charge is 2.14. The van der Waals surface area contributed by atoms with Crippen molar-refractivity contribution in [2.45, 2.75) is 13.1 Å². The molecule has 0 fully saturated rings. The molecule has 0 atom stereocenters. The van der Waals surface area contributed by atoms with E-state index in [0.29, 0.717) is 0 Å². The lowest BCUT2D eigenvalue weighted by Crippen LogP contribution is -2.25. The van der Waals surface area contributed by atoms with E-state index >= 15 is 0 Å². The number of para-hydroxylation sites is 2. The van der Waals surface area contributed by atoms with Crippen LogP contribution in [0.3, 0.4) is 0 Å². The van der Waals surface area contributed by atoms with Gasteiger partial charge in [0.25, 0.3) is 0 Å². The van der Waals surface area contributed by atoms with Gasteiger partial charge in [-0.3, -0.25) is 0 Å². The largest absolute Gasteiger partial charge is 0.354 e. The molecule has 1 aliphatic heterocycles. The third-order valence-corrected chi connectivity index (χ3v) is 3.87. The van der Waals surface area contributed by atoms with Gasteiger partial charge in [-0.2, -0.15) is 0 Å². The number of benzene rings is 2. The van der Waals surface area contributed by atoms with Crippen molar-refractivity contribution in [3.63, 3.8) is 0 Å². The molecule has 4 heteroatoms. The molecule has 2 aromatic carbocycles. The summed E-state index contributed by atoms with van der Waals surface area (Å²) in [6, 6.07) is 18.7. The zero-order valence-electron chi connectivity index (χ0n) is 12.3. The minimum absolute atomic E-state index is 0.802. The van der Waals surface area contributed by atoms with E-state index in [-0.39, 0.29) is 0 Å². The van der Waals surface area contributed by atoms with Crippen molar-refractivity contribution >= 4 is 11.0 Å². The molecule has 4 nitrogen and oxygen atoms in total. The smallest absolute Gasteiger partial charge is 0.126 e. The summed E-state index contributed by atoms with van der Waals surface area (Å²) in [5.74, 6) is 1.01. The summed E-state index contributed by atoms with van der Waals surface area (Å²) in [6.07, 6.45) is 4.28. The van der Waals surface area contributed by atoms with Gasteiger partial charge in [-0.1, -0.05) is 42.5 Å². The first kappa shape index (κ1) is 13.0. The fraction of sp³-hybridized carbons (Fsp3) is 0.167. The Hall–Kier alpha value is -2.75. The molecule has 0 unspecified atom stereocenters. The molecule has 3 aromatic rings. The first-order valence-electron chi connectivity index (χ1n) is 7.51. The number of hydrogen-bond acceptors (Lipinski definition) is 3. The second kappa shape index (κ2) is 5.56. The first-order valence-corrected chi connectivity index (χ1v) is 7.51. The maximum absolute atomic E-state index is 4.64. The Morgan fingerprint density at radius 1 is 0.864 bits per heavy atom. The van der Waals surface area contributed by atoms with Crippen LogP contribution in [0.1, 0.15) is 11.4 Å². The van der Waals surface area contributed by atoms with Gasteiger partial charge >= 0.3 is 0 Å². The van der Waals surface area contributed by atoms with Gasteiger partial charge in [-0.05, 0) is 17.7 Å². The molecule has 1 N–H and O–H groups in total. The van der Waals surface area contributed by atoms with Crippen molar-refractivity contribution < 1.29 is 0 Å². The van der Waals surface area contributed by atoms with Crippen molar-refractivity contribution in [1.82, 2.24) is 19.8 Å². The number of nitrogens with one attached hydrogen (secondary N) is 1. The highest BCUT2D eigenvalue weighted by molar-refractivity contribution is 5.74. The molecule has 4 rings (SSSR count). The molecule has 0 saturated heterocycles. The van der Waals surface area contributed by atoms with Crippen molar-refractivity contribution in [3.05, 3.63) is 78.4 Å². The van der Waals surface area contributed by atoms with Gasteiger partial charge in [0, 0.05) is 18.9 Å². The summed E-state index contributed by atoms with van der Waals surface area (Å²) in [5.41, 5.74) is 3.46. The van der Waals surface area contributed by atoms with E-state index in [9.17, 15) is 0 Å². The molecular weight excluding hydrogens is 272 g/mol. The predicted octanol–water partition coefficient (Wildman–Crippen LogP) is 3.31. The first-order chi connectivity index (χ1) is 10.9. The zero-order valence-corrected chi connectivity index (χ0v) is 12.3. The fourth-order valence-electron chi connectivity index (χ4n) is 2.81. The average Bonchev–Trinajstić information content (AvgIpc) is 3.14.